The lowest BCUT2D eigenvalue weighted by Gasteiger charge is -2.44. The van der Waals surface area contributed by atoms with Crippen LogP contribution >= 0.6 is 0 Å². The van der Waals surface area contributed by atoms with Gasteiger partial charge in [0.05, 0.1) is 11.0 Å². The number of carbonyl (C=O) groups is 2. The van der Waals surface area contributed by atoms with E-state index >= 15 is 0 Å². The molecule has 1 aliphatic heterocycles. The van der Waals surface area contributed by atoms with Gasteiger partial charge in [-0.15, -0.1) is 0 Å². The van der Waals surface area contributed by atoms with E-state index in [2.05, 4.69) is 10.6 Å². The van der Waals surface area contributed by atoms with E-state index in [0.717, 1.165) is 5.56 Å². The molecule has 0 bridgehead atoms. The summed E-state index contributed by atoms with van der Waals surface area (Å²) in [5.74, 6) is -1.49. The highest BCUT2D eigenvalue weighted by Crippen LogP contribution is 2.37. The summed E-state index contributed by atoms with van der Waals surface area (Å²) in [6, 6.07) is 16.9. The lowest BCUT2D eigenvalue weighted by atomic mass is 9.73. The maximum Gasteiger partial charge on any atom is 0.241 e. The van der Waals surface area contributed by atoms with Gasteiger partial charge >= 0.3 is 0 Å². The van der Waals surface area contributed by atoms with Crippen molar-refractivity contribution < 1.29 is 23.1 Å². The summed E-state index contributed by atoms with van der Waals surface area (Å²) in [7, 11) is -4.02. The van der Waals surface area contributed by atoms with Crippen LogP contribution in [0, 0.1) is 11.8 Å². The van der Waals surface area contributed by atoms with E-state index < -0.39 is 39.1 Å². The highest BCUT2D eigenvalue weighted by molar-refractivity contribution is 7.92. The normalized spacial score (nSPS) is 28.3. The predicted octanol–water partition coefficient (Wildman–Crippen LogP) is 1.42. The van der Waals surface area contributed by atoms with Gasteiger partial charge in [0.25, 0.3) is 0 Å². The first-order chi connectivity index (χ1) is 14.9. The average Bonchev–Trinajstić information content (AvgIpc) is 2.78. The van der Waals surface area contributed by atoms with E-state index in [0.29, 0.717) is 25.8 Å². The highest BCUT2D eigenvalue weighted by atomic mass is 32.2. The first kappa shape index (κ1) is 21.5. The number of carbonyl (C=O) groups excluding carboxylic acids is 2. The second kappa shape index (κ2) is 8.80. The smallest absolute Gasteiger partial charge is 0.241 e. The molecule has 2 aromatic carbocycles. The van der Waals surface area contributed by atoms with Gasteiger partial charge in [-0.25, -0.2) is 8.42 Å². The summed E-state index contributed by atoms with van der Waals surface area (Å²) >= 11 is 0. The van der Waals surface area contributed by atoms with Gasteiger partial charge in [0, 0.05) is 24.4 Å². The van der Waals surface area contributed by atoms with Gasteiger partial charge in [0.1, 0.15) is 0 Å². The van der Waals surface area contributed by atoms with Gasteiger partial charge in [-0.1, -0.05) is 48.5 Å². The highest BCUT2D eigenvalue weighted by Gasteiger charge is 2.52. The molecule has 0 aromatic heterocycles. The van der Waals surface area contributed by atoms with Gasteiger partial charge in [-0.2, -0.15) is 0 Å². The van der Waals surface area contributed by atoms with Crippen LogP contribution in [0.5, 0.6) is 0 Å². The number of aliphatic hydroxyl groups excluding tert-OH is 1. The zero-order valence-corrected chi connectivity index (χ0v) is 17.8. The van der Waals surface area contributed by atoms with Crippen LogP contribution in [0.3, 0.4) is 0 Å². The molecule has 1 heterocycles. The summed E-state index contributed by atoms with van der Waals surface area (Å²) in [4.78, 5) is 25.4. The van der Waals surface area contributed by atoms with E-state index in [1.54, 1.807) is 18.2 Å². The van der Waals surface area contributed by atoms with E-state index in [9.17, 15) is 23.1 Å². The van der Waals surface area contributed by atoms with Crippen molar-refractivity contribution in [2.75, 3.05) is 0 Å². The van der Waals surface area contributed by atoms with Gasteiger partial charge in [0.2, 0.25) is 11.8 Å². The largest absolute Gasteiger partial charge is 0.391 e. The number of piperidine rings is 1. The molecule has 5 atom stereocenters. The third kappa shape index (κ3) is 4.36. The lowest BCUT2D eigenvalue weighted by Crippen LogP contribution is -2.63. The Kier molecular flexibility index (Phi) is 6.11. The number of fused-ring (bicyclic) bond motifs is 1. The molecule has 7 nitrogen and oxygen atoms in total. The molecule has 2 aliphatic rings. The molecule has 1 saturated carbocycles. The number of hydrogen-bond donors (Lipinski definition) is 3. The topological polar surface area (TPSA) is 113 Å². The van der Waals surface area contributed by atoms with Crippen LogP contribution in [-0.4, -0.2) is 42.7 Å². The molecule has 0 spiro atoms. The van der Waals surface area contributed by atoms with Gasteiger partial charge in [-0.3, -0.25) is 9.59 Å². The van der Waals surface area contributed by atoms with Crippen LogP contribution in [0.2, 0.25) is 0 Å². The van der Waals surface area contributed by atoms with Crippen molar-refractivity contribution in [1.82, 2.24) is 10.6 Å². The van der Waals surface area contributed by atoms with Crippen molar-refractivity contribution in [3.8, 4) is 0 Å². The third-order valence-corrected chi connectivity index (χ3v) is 8.42. The number of nitrogens with one attached hydrogen (secondary N) is 2. The Balaban J connectivity index is 1.43. The van der Waals surface area contributed by atoms with E-state index in [1.165, 1.54) is 12.1 Å². The maximum absolute atomic E-state index is 13.0. The molecular weight excluding hydrogens is 416 g/mol. The second-order valence-electron chi connectivity index (χ2n) is 8.26. The second-order valence-corrected chi connectivity index (χ2v) is 10.3. The SMILES string of the molecule is O=C(NCc1ccccc1)C1CCC2C(C1)NC(=O)C(S(=O)(=O)c1ccccc1)C2O. The monoisotopic (exact) mass is 442 g/mol. The third-order valence-electron chi connectivity index (χ3n) is 6.33. The Bertz CT molecular complexity index is 1040. The fourth-order valence-corrected chi connectivity index (χ4v) is 6.41. The van der Waals surface area contributed by atoms with Gasteiger partial charge in [-0.05, 0) is 37.0 Å². The molecule has 4 rings (SSSR count). The van der Waals surface area contributed by atoms with Crippen molar-refractivity contribution in [2.24, 2.45) is 11.8 Å². The summed E-state index contributed by atoms with van der Waals surface area (Å²) in [5, 5.41) is 15.0. The van der Waals surface area contributed by atoms with Crippen molar-refractivity contribution in [1.29, 1.82) is 0 Å². The quantitative estimate of drug-likeness (QED) is 0.648. The van der Waals surface area contributed by atoms with Crippen LogP contribution < -0.4 is 10.6 Å². The van der Waals surface area contributed by atoms with E-state index in [1.807, 2.05) is 30.3 Å². The average molecular weight is 443 g/mol. The molecule has 8 heteroatoms. The van der Waals surface area contributed by atoms with Crippen molar-refractivity contribution in [2.45, 2.75) is 48.1 Å². The molecule has 0 radical (unpaired) electrons. The first-order valence-electron chi connectivity index (χ1n) is 10.5. The molecule has 2 aromatic rings. The summed E-state index contributed by atoms with van der Waals surface area (Å²) in [6.45, 7) is 0.427. The van der Waals surface area contributed by atoms with E-state index in [-0.39, 0.29) is 16.7 Å². The van der Waals surface area contributed by atoms with Crippen LogP contribution in [-0.2, 0) is 26.0 Å². The maximum atomic E-state index is 13.0. The van der Waals surface area contributed by atoms with Crippen molar-refractivity contribution in [3.63, 3.8) is 0 Å². The van der Waals surface area contributed by atoms with Crippen LogP contribution in [0.15, 0.2) is 65.6 Å². The molecule has 2 fully saturated rings. The molecular formula is C23H26N2O5S. The van der Waals surface area contributed by atoms with Gasteiger partial charge in [0.15, 0.2) is 15.1 Å². The summed E-state index contributed by atoms with van der Waals surface area (Å²) in [6.07, 6.45) is 0.0762. The Morgan fingerprint density at radius 3 is 2.35 bits per heavy atom. The molecule has 2 amide bonds. The summed E-state index contributed by atoms with van der Waals surface area (Å²) in [5.41, 5.74) is 1.000. The lowest BCUT2D eigenvalue weighted by molar-refractivity contribution is -0.134. The zero-order valence-electron chi connectivity index (χ0n) is 17.0. The molecule has 164 valence electrons. The standard InChI is InChI=1S/C23H26N2O5S/c26-20-18-12-11-16(22(27)24-14-15-7-3-1-4-8-15)13-19(18)25-23(28)21(20)31(29,30)17-9-5-2-6-10-17/h1-10,16,18-21,26H,11-14H2,(H,24,27)(H,25,28). The van der Waals surface area contributed by atoms with Crippen LogP contribution in [0.1, 0.15) is 24.8 Å². The van der Waals surface area contributed by atoms with Crippen LogP contribution in [0.25, 0.3) is 0 Å². The minimum atomic E-state index is -4.02. The molecule has 1 saturated heterocycles. The molecule has 1 aliphatic carbocycles. The minimum absolute atomic E-state index is 0.0154. The fraction of sp³-hybridized carbons (Fsp3) is 0.391. The Labute approximate surface area is 181 Å². The number of benzene rings is 2. The number of sulfone groups is 1. The predicted molar refractivity (Wildman–Crippen MR) is 114 cm³/mol. The zero-order chi connectivity index (χ0) is 22.0. The number of rotatable bonds is 5. The van der Waals surface area contributed by atoms with Crippen LogP contribution in [0.4, 0.5) is 0 Å². The Morgan fingerprint density at radius 2 is 1.68 bits per heavy atom. The van der Waals surface area contributed by atoms with E-state index in [4.69, 9.17) is 0 Å². The Morgan fingerprint density at radius 1 is 1.03 bits per heavy atom. The first-order valence-corrected chi connectivity index (χ1v) is 12.0. The van der Waals surface area contributed by atoms with Crippen molar-refractivity contribution >= 4 is 21.7 Å². The fourth-order valence-electron chi connectivity index (χ4n) is 4.66. The number of amides is 2. The molecule has 5 unspecified atom stereocenters. The minimum Gasteiger partial charge on any atom is -0.391 e. The number of hydrogen-bond acceptors (Lipinski definition) is 5. The van der Waals surface area contributed by atoms with Gasteiger partial charge < -0.3 is 15.7 Å². The molecule has 3 N–H and O–H groups in total. The molecule has 31 heavy (non-hydrogen) atoms. The van der Waals surface area contributed by atoms with Crippen molar-refractivity contribution in [3.05, 3.63) is 66.2 Å². The Hall–Kier alpha value is -2.71. The number of aliphatic hydroxyl groups is 1. The summed E-state index contributed by atoms with van der Waals surface area (Å²) < 4.78 is 26.0.